The van der Waals surface area contributed by atoms with Crippen molar-refractivity contribution in [1.82, 2.24) is 0 Å². The van der Waals surface area contributed by atoms with Gasteiger partial charge in [0.25, 0.3) is 0 Å². The van der Waals surface area contributed by atoms with Crippen LogP contribution in [-0.2, 0) is 14.3 Å². The summed E-state index contributed by atoms with van der Waals surface area (Å²) < 4.78 is 15.3. The van der Waals surface area contributed by atoms with E-state index in [1.165, 1.54) is 0 Å². The molecule has 0 atom stereocenters. The average molecular weight is 364 g/mol. The van der Waals surface area contributed by atoms with Crippen LogP contribution in [0.2, 0.25) is 0 Å². The van der Waals surface area contributed by atoms with Crippen LogP contribution in [0.4, 0.5) is 0 Å². The third-order valence-corrected chi connectivity index (χ3v) is 4.38. The molecule has 3 rings (SSSR count). The number of esters is 2. The zero-order chi connectivity index (χ0) is 19.6. The largest absolute Gasteiger partial charge is 0.496 e. The van der Waals surface area contributed by atoms with E-state index in [-0.39, 0.29) is 11.1 Å². The SMILES string of the molecule is COc1ccc(/C=C2\C(=O)OC(=O)\C2=C\c2ccc(OC)c(C)c2)cc1C. The summed E-state index contributed by atoms with van der Waals surface area (Å²) in [5, 5.41) is 0. The van der Waals surface area contributed by atoms with Crippen LogP contribution in [-0.4, -0.2) is 26.2 Å². The smallest absolute Gasteiger partial charge is 0.346 e. The van der Waals surface area contributed by atoms with Gasteiger partial charge in [0, 0.05) is 0 Å². The first-order valence-electron chi connectivity index (χ1n) is 8.42. The molecule has 27 heavy (non-hydrogen) atoms. The average Bonchev–Trinajstić information content (AvgIpc) is 2.89. The van der Waals surface area contributed by atoms with Gasteiger partial charge < -0.3 is 14.2 Å². The van der Waals surface area contributed by atoms with Crippen LogP contribution in [0.25, 0.3) is 12.2 Å². The van der Waals surface area contributed by atoms with Gasteiger partial charge in [0.15, 0.2) is 0 Å². The molecule has 0 spiro atoms. The Bertz CT molecular complexity index is 903. The van der Waals surface area contributed by atoms with Crippen molar-refractivity contribution in [3.05, 3.63) is 69.8 Å². The van der Waals surface area contributed by atoms with Crippen molar-refractivity contribution < 1.29 is 23.8 Å². The molecule has 0 aromatic heterocycles. The maximum atomic E-state index is 12.2. The van der Waals surface area contributed by atoms with Gasteiger partial charge in [-0.25, -0.2) is 9.59 Å². The zero-order valence-corrected chi connectivity index (χ0v) is 15.7. The molecule has 5 heteroatoms. The van der Waals surface area contributed by atoms with Gasteiger partial charge >= 0.3 is 11.9 Å². The summed E-state index contributed by atoms with van der Waals surface area (Å²) in [4.78, 5) is 24.3. The summed E-state index contributed by atoms with van der Waals surface area (Å²) in [6.45, 7) is 3.83. The summed E-state index contributed by atoms with van der Waals surface area (Å²) in [7, 11) is 3.20. The Kier molecular flexibility index (Phi) is 5.12. The minimum atomic E-state index is -0.648. The Morgan fingerprint density at radius 3 is 1.48 bits per heavy atom. The van der Waals surface area contributed by atoms with Gasteiger partial charge in [-0.15, -0.1) is 0 Å². The Hall–Kier alpha value is -3.34. The molecule has 1 saturated heterocycles. The summed E-state index contributed by atoms with van der Waals surface area (Å²) in [6, 6.07) is 11.1. The molecule has 2 aromatic rings. The molecule has 0 amide bonds. The van der Waals surface area contributed by atoms with Gasteiger partial charge in [-0.3, -0.25) is 0 Å². The van der Waals surface area contributed by atoms with Crippen molar-refractivity contribution in [1.29, 1.82) is 0 Å². The molecule has 0 saturated carbocycles. The van der Waals surface area contributed by atoms with Crippen LogP contribution in [0.3, 0.4) is 0 Å². The lowest BCUT2D eigenvalue weighted by atomic mass is 10.0. The van der Waals surface area contributed by atoms with Crippen LogP contribution in [0.15, 0.2) is 47.5 Å². The first kappa shape index (κ1) is 18.5. The van der Waals surface area contributed by atoms with Crippen molar-refractivity contribution in [2.75, 3.05) is 14.2 Å². The third-order valence-electron chi connectivity index (χ3n) is 4.38. The van der Waals surface area contributed by atoms with Crippen LogP contribution >= 0.6 is 0 Å². The van der Waals surface area contributed by atoms with Crippen molar-refractivity contribution in [3.8, 4) is 11.5 Å². The van der Waals surface area contributed by atoms with Crippen molar-refractivity contribution in [2.24, 2.45) is 0 Å². The number of hydrogen-bond donors (Lipinski definition) is 0. The molecule has 2 aromatic carbocycles. The monoisotopic (exact) mass is 364 g/mol. The third kappa shape index (κ3) is 3.77. The van der Waals surface area contributed by atoms with Gasteiger partial charge in [-0.2, -0.15) is 0 Å². The number of benzene rings is 2. The second kappa shape index (κ2) is 7.50. The first-order chi connectivity index (χ1) is 12.9. The number of rotatable bonds is 4. The lowest BCUT2D eigenvalue weighted by Gasteiger charge is -2.06. The maximum Gasteiger partial charge on any atom is 0.346 e. The zero-order valence-electron chi connectivity index (χ0n) is 15.7. The highest BCUT2D eigenvalue weighted by Gasteiger charge is 2.33. The summed E-state index contributed by atoms with van der Waals surface area (Å²) in [6.07, 6.45) is 3.31. The highest BCUT2D eigenvalue weighted by Crippen LogP contribution is 2.29. The number of methoxy groups -OCH3 is 2. The molecule has 5 nitrogen and oxygen atoms in total. The predicted octanol–water partition coefficient (Wildman–Crippen LogP) is 3.87. The number of cyclic esters (lactones) is 2. The van der Waals surface area contributed by atoms with E-state index in [4.69, 9.17) is 14.2 Å². The fraction of sp³-hybridized carbons (Fsp3) is 0.182. The molecule has 0 bridgehead atoms. The van der Waals surface area contributed by atoms with Crippen LogP contribution in [0.1, 0.15) is 22.3 Å². The Morgan fingerprint density at radius 1 is 0.741 bits per heavy atom. The summed E-state index contributed by atoms with van der Waals surface area (Å²) >= 11 is 0. The summed E-state index contributed by atoms with van der Waals surface area (Å²) in [5.41, 5.74) is 3.90. The molecule has 0 radical (unpaired) electrons. The highest BCUT2D eigenvalue weighted by atomic mass is 16.6. The Labute approximate surface area is 157 Å². The lowest BCUT2D eigenvalue weighted by Crippen LogP contribution is -1.97. The van der Waals surface area contributed by atoms with Gasteiger partial charge in [0.2, 0.25) is 0 Å². The number of aryl methyl sites for hydroxylation is 2. The Balaban J connectivity index is 2.03. The molecule has 138 valence electrons. The Morgan fingerprint density at radius 2 is 1.15 bits per heavy atom. The van der Waals surface area contributed by atoms with Crippen LogP contribution < -0.4 is 9.47 Å². The normalized spacial score (nSPS) is 16.7. The molecule has 0 N–H and O–H groups in total. The van der Waals surface area contributed by atoms with E-state index < -0.39 is 11.9 Å². The van der Waals surface area contributed by atoms with E-state index in [1.54, 1.807) is 26.4 Å². The van der Waals surface area contributed by atoms with E-state index in [9.17, 15) is 9.59 Å². The fourth-order valence-corrected chi connectivity index (χ4v) is 3.00. The molecular weight excluding hydrogens is 344 g/mol. The number of ether oxygens (including phenoxy) is 3. The minimum Gasteiger partial charge on any atom is -0.496 e. The quantitative estimate of drug-likeness (QED) is 0.468. The van der Waals surface area contributed by atoms with Gasteiger partial charge in [-0.05, 0) is 72.5 Å². The maximum absolute atomic E-state index is 12.2. The molecule has 1 heterocycles. The molecule has 1 fully saturated rings. The van der Waals surface area contributed by atoms with Crippen LogP contribution in [0.5, 0.6) is 11.5 Å². The van der Waals surface area contributed by atoms with E-state index in [1.807, 2.05) is 50.2 Å². The molecule has 1 aliphatic rings. The second-order valence-electron chi connectivity index (χ2n) is 6.25. The van der Waals surface area contributed by atoms with Crippen LogP contribution in [0, 0.1) is 13.8 Å². The topological polar surface area (TPSA) is 61.8 Å². The molecule has 0 unspecified atom stereocenters. The number of hydrogen-bond acceptors (Lipinski definition) is 5. The predicted molar refractivity (Wildman–Crippen MR) is 103 cm³/mol. The number of carbonyl (C=O) groups is 2. The van der Waals surface area contributed by atoms with E-state index in [0.29, 0.717) is 0 Å². The molecule has 1 aliphatic heterocycles. The molecule has 0 aliphatic carbocycles. The van der Waals surface area contributed by atoms with Crippen molar-refractivity contribution in [2.45, 2.75) is 13.8 Å². The van der Waals surface area contributed by atoms with Crippen molar-refractivity contribution >= 4 is 24.1 Å². The first-order valence-corrected chi connectivity index (χ1v) is 8.42. The highest BCUT2D eigenvalue weighted by molar-refractivity contribution is 6.22. The number of carbonyl (C=O) groups excluding carboxylic acids is 2. The second-order valence-corrected chi connectivity index (χ2v) is 6.25. The van der Waals surface area contributed by atoms with Gasteiger partial charge in [0.05, 0.1) is 25.4 Å². The van der Waals surface area contributed by atoms with Gasteiger partial charge in [0.1, 0.15) is 11.5 Å². The minimum absolute atomic E-state index is 0.234. The van der Waals surface area contributed by atoms with E-state index in [0.717, 1.165) is 33.8 Å². The van der Waals surface area contributed by atoms with Crippen molar-refractivity contribution in [3.63, 3.8) is 0 Å². The van der Waals surface area contributed by atoms with E-state index in [2.05, 4.69) is 0 Å². The molecular formula is C22H20O5. The van der Waals surface area contributed by atoms with E-state index >= 15 is 0 Å². The summed E-state index contributed by atoms with van der Waals surface area (Å²) in [5.74, 6) is 0.216. The lowest BCUT2D eigenvalue weighted by molar-refractivity contribution is -0.149. The fourth-order valence-electron chi connectivity index (χ4n) is 3.00. The van der Waals surface area contributed by atoms with Gasteiger partial charge in [-0.1, -0.05) is 12.1 Å². The standard InChI is InChI=1S/C22H20O5/c1-13-9-15(5-7-19(13)25-3)11-17-18(22(24)27-21(17)23)12-16-6-8-20(26-4)14(2)10-16/h5-12H,1-4H3/b17-11-,18-12+.